The monoisotopic (exact) mass is 425 g/mol. The first-order chi connectivity index (χ1) is 14.5. The predicted molar refractivity (Wildman–Crippen MR) is 118 cm³/mol. The van der Waals surface area contributed by atoms with Crippen LogP contribution < -0.4 is 9.47 Å². The Morgan fingerprint density at radius 1 is 0.667 bits per heavy atom. The Balaban J connectivity index is 1.93. The number of hydrogen-bond acceptors (Lipinski definition) is 4. The van der Waals surface area contributed by atoms with Gasteiger partial charge in [-0.2, -0.15) is 4.31 Å². The highest BCUT2D eigenvalue weighted by molar-refractivity contribution is 7.89. The van der Waals surface area contributed by atoms with Crippen molar-refractivity contribution in [3.8, 4) is 11.5 Å². The van der Waals surface area contributed by atoms with Crippen LogP contribution >= 0.6 is 0 Å². The lowest BCUT2D eigenvalue weighted by atomic mass is 10.2. The van der Waals surface area contributed by atoms with Gasteiger partial charge in [-0.1, -0.05) is 43.3 Å². The van der Waals surface area contributed by atoms with Gasteiger partial charge in [0, 0.05) is 13.1 Å². The summed E-state index contributed by atoms with van der Waals surface area (Å²) >= 11 is 0. The fourth-order valence-electron chi connectivity index (χ4n) is 3.14. The Morgan fingerprint density at radius 3 is 1.43 bits per heavy atom. The lowest BCUT2D eigenvalue weighted by Gasteiger charge is -2.23. The van der Waals surface area contributed by atoms with Crippen LogP contribution in [0.5, 0.6) is 11.5 Å². The van der Waals surface area contributed by atoms with Crippen LogP contribution in [0.25, 0.3) is 0 Å². The molecule has 0 aliphatic carbocycles. The van der Waals surface area contributed by atoms with Crippen LogP contribution in [-0.4, -0.2) is 26.9 Å². The normalized spacial score (nSPS) is 11.5. The molecule has 0 spiro atoms. The first-order valence-electron chi connectivity index (χ1n) is 9.81. The molecule has 0 amide bonds. The van der Waals surface area contributed by atoms with Gasteiger partial charge in [0.05, 0.1) is 19.1 Å². The summed E-state index contributed by atoms with van der Waals surface area (Å²) in [5.74, 6) is 1.47. The van der Waals surface area contributed by atoms with Crippen LogP contribution in [0.1, 0.15) is 23.6 Å². The maximum Gasteiger partial charge on any atom is 0.243 e. The Bertz CT molecular complexity index is 994. The lowest BCUT2D eigenvalue weighted by molar-refractivity contribution is 0.397. The molecule has 6 heteroatoms. The number of aryl methyl sites for hydroxylation is 1. The molecule has 0 bridgehead atoms. The summed E-state index contributed by atoms with van der Waals surface area (Å²) in [6, 6.07) is 22.0. The van der Waals surface area contributed by atoms with E-state index in [9.17, 15) is 8.42 Å². The van der Waals surface area contributed by atoms with Crippen molar-refractivity contribution in [1.82, 2.24) is 4.31 Å². The van der Waals surface area contributed by atoms with E-state index in [2.05, 4.69) is 0 Å². The van der Waals surface area contributed by atoms with E-state index < -0.39 is 10.0 Å². The zero-order valence-electron chi connectivity index (χ0n) is 17.5. The summed E-state index contributed by atoms with van der Waals surface area (Å²) in [5, 5.41) is 0. The minimum absolute atomic E-state index is 0.258. The largest absolute Gasteiger partial charge is 0.497 e. The number of methoxy groups -OCH3 is 2. The van der Waals surface area contributed by atoms with E-state index >= 15 is 0 Å². The standard InChI is InChI=1S/C24H27NO4S/c1-4-19-9-15-24(16-10-19)30(26,27)25(17-20-5-11-22(28-2)12-6-20)18-21-7-13-23(29-3)14-8-21/h5-16H,4,17-18H2,1-3H3. The summed E-state index contributed by atoms with van der Waals surface area (Å²) in [5.41, 5.74) is 2.88. The summed E-state index contributed by atoms with van der Waals surface area (Å²) in [6.07, 6.45) is 0.863. The van der Waals surface area contributed by atoms with Gasteiger partial charge in [0.1, 0.15) is 11.5 Å². The van der Waals surface area contributed by atoms with Gasteiger partial charge < -0.3 is 9.47 Å². The van der Waals surface area contributed by atoms with Crippen molar-refractivity contribution < 1.29 is 17.9 Å². The smallest absolute Gasteiger partial charge is 0.243 e. The highest BCUT2D eigenvalue weighted by Gasteiger charge is 2.25. The van der Waals surface area contributed by atoms with Gasteiger partial charge >= 0.3 is 0 Å². The van der Waals surface area contributed by atoms with Crippen LogP contribution in [0.4, 0.5) is 0 Å². The van der Waals surface area contributed by atoms with Crippen molar-refractivity contribution in [2.75, 3.05) is 14.2 Å². The molecule has 0 atom stereocenters. The van der Waals surface area contributed by atoms with Gasteiger partial charge in [0.15, 0.2) is 0 Å². The van der Waals surface area contributed by atoms with Gasteiger partial charge in [-0.05, 0) is 59.5 Å². The second-order valence-electron chi connectivity index (χ2n) is 6.97. The van der Waals surface area contributed by atoms with Crippen LogP contribution in [0, 0.1) is 0 Å². The number of nitrogens with zero attached hydrogens (tertiary/aromatic N) is 1. The first-order valence-corrected chi connectivity index (χ1v) is 11.2. The van der Waals surface area contributed by atoms with Crippen molar-refractivity contribution in [1.29, 1.82) is 0 Å². The van der Waals surface area contributed by atoms with E-state index in [1.54, 1.807) is 26.4 Å². The molecule has 0 radical (unpaired) electrons. The van der Waals surface area contributed by atoms with Crippen LogP contribution in [-0.2, 0) is 29.5 Å². The maximum atomic E-state index is 13.5. The minimum Gasteiger partial charge on any atom is -0.497 e. The molecule has 3 rings (SSSR count). The van der Waals surface area contributed by atoms with E-state index in [1.807, 2.05) is 67.6 Å². The highest BCUT2D eigenvalue weighted by atomic mass is 32.2. The third kappa shape index (κ3) is 5.20. The average molecular weight is 426 g/mol. The summed E-state index contributed by atoms with van der Waals surface area (Å²) in [6.45, 7) is 2.56. The number of rotatable bonds is 9. The molecule has 3 aromatic carbocycles. The minimum atomic E-state index is -3.68. The van der Waals surface area contributed by atoms with Crippen molar-refractivity contribution in [2.24, 2.45) is 0 Å². The fraction of sp³-hybridized carbons (Fsp3) is 0.250. The van der Waals surface area contributed by atoms with E-state index in [1.165, 1.54) is 4.31 Å². The molecule has 0 saturated carbocycles. The molecule has 158 valence electrons. The molecule has 0 aliphatic heterocycles. The van der Waals surface area contributed by atoms with Crippen molar-refractivity contribution >= 4 is 10.0 Å². The third-order valence-corrected chi connectivity index (χ3v) is 6.81. The zero-order valence-corrected chi connectivity index (χ0v) is 18.4. The first kappa shape index (κ1) is 21.9. The lowest BCUT2D eigenvalue weighted by Crippen LogP contribution is -2.30. The molecule has 0 aliphatic rings. The molecule has 0 heterocycles. The second kappa shape index (κ2) is 9.78. The SMILES string of the molecule is CCc1ccc(S(=O)(=O)N(Cc2ccc(OC)cc2)Cc2ccc(OC)cc2)cc1. The number of benzene rings is 3. The molecule has 0 fully saturated rings. The molecule has 5 nitrogen and oxygen atoms in total. The Kier molecular flexibility index (Phi) is 7.13. The topological polar surface area (TPSA) is 55.8 Å². The summed E-state index contributed by atoms with van der Waals surface area (Å²) < 4.78 is 38.8. The summed E-state index contributed by atoms with van der Waals surface area (Å²) in [4.78, 5) is 0.293. The molecule has 30 heavy (non-hydrogen) atoms. The number of hydrogen-bond donors (Lipinski definition) is 0. The van der Waals surface area contributed by atoms with Gasteiger partial charge in [-0.3, -0.25) is 0 Å². The van der Waals surface area contributed by atoms with Crippen molar-refractivity contribution in [2.45, 2.75) is 31.3 Å². The quantitative estimate of drug-likeness (QED) is 0.500. The van der Waals surface area contributed by atoms with E-state index in [0.717, 1.165) is 34.6 Å². The predicted octanol–water partition coefficient (Wildman–Crippen LogP) is 4.66. The zero-order chi connectivity index (χ0) is 21.6. The van der Waals surface area contributed by atoms with Gasteiger partial charge in [-0.15, -0.1) is 0 Å². The van der Waals surface area contributed by atoms with Gasteiger partial charge in [0.2, 0.25) is 10.0 Å². The van der Waals surface area contributed by atoms with Gasteiger partial charge in [-0.25, -0.2) is 8.42 Å². The van der Waals surface area contributed by atoms with Crippen molar-refractivity contribution in [3.05, 3.63) is 89.5 Å². The van der Waals surface area contributed by atoms with Crippen LogP contribution in [0.2, 0.25) is 0 Å². The third-order valence-electron chi connectivity index (χ3n) is 5.01. The maximum absolute atomic E-state index is 13.5. The molecule has 0 aromatic heterocycles. The molecular formula is C24H27NO4S. The molecule has 0 N–H and O–H groups in total. The number of sulfonamides is 1. The average Bonchev–Trinajstić information content (AvgIpc) is 2.79. The van der Waals surface area contributed by atoms with E-state index in [4.69, 9.17) is 9.47 Å². The van der Waals surface area contributed by atoms with Gasteiger partial charge in [0.25, 0.3) is 0 Å². The molecule has 0 saturated heterocycles. The fourth-order valence-corrected chi connectivity index (χ4v) is 4.56. The van der Waals surface area contributed by atoms with Crippen LogP contribution in [0.3, 0.4) is 0 Å². The Hall–Kier alpha value is -2.83. The highest BCUT2D eigenvalue weighted by Crippen LogP contribution is 2.23. The number of ether oxygens (including phenoxy) is 2. The van der Waals surface area contributed by atoms with E-state index in [-0.39, 0.29) is 13.1 Å². The Labute approximate surface area is 178 Å². The van der Waals surface area contributed by atoms with Crippen LogP contribution in [0.15, 0.2) is 77.7 Å². The van der Waals surface area contributed by atoms with Crippen molar-refractivity contribution in [3.63, 3.8) is 0 Å². The molecular weight excluding hydrogens is 398 g/mol. The Morgan fingerprint density at radius 2 is 1.07 bits per heavy atom. The summed E-state index contributed by atoms with van der Waals surface area (Å²) in [7, 11) is -0.470. The second-order valence-corrected chi connectivity index (χ2v) is 8.90. The van der Waals surface area contributed by atoms with E-state index in [0.29, 0.717) is 4.90 Å². The molecule has 3 aromatic rings. The molecule has 0 unspecified atom stereocenters.